The van der Waals surface area contributed by atoms with Crippen molar-refractivity contribution in [3.8, 4) is 5.75 Å². The molecular weight excluding hydrogens is 285 g/mol. The number of methoxy groups -OCH3 is 1. The molecule has 7 heteroatoms. The van der Waals surface area contributed by atoms with Gasteiger partial charge in [0.05, 0.1) is 24.7 Å². The first-order valence-electron chi connectivity index (χ1n) is 6.44. The minimum atomic E-state index is -3.69. The molecule has 1 heterocycles. The normalized spacial score (nSPS) is 20.9. The van der Waals surface area contributed by atoms with E-state index in [2.05, 4.69) is 0 Å². The number of ether oxygens (including phenoxy) is 2. The van der Waals surface area contributed by atoms with Crippen LogP contribution < -0.4 is 4.74 Å². The minimum Gasteiger partial charge on any atom is -0.494 e. The first-order valence-corrected chi connectivity index (χ1v) is 7.88. The second-order valence-electron chi connectivity index (χ2n) is 4.56. The van der Waals surface area contributed by atoms with Crippen LogP contribution in [0.1, 0.15) is 13.3 Å². The zero-order valence-corrected chi connectivity index (χ0v) is 12.3. The molecular formula is C13H18FNO4S. The molecule has 0 radical (unpaired) electrons. The van der Waals surface area contributed by atoms with Crippen molar-refractivity contribution in [2.75, 3.05) is 26.8 Å². The number of hydrogen-bond acceptors (Lipinski definition) is 4. The van der Waals surface area contributed by atoms with Gasteiger partial charge in [0.25, 0.3) is 0 Å². The molecule has 0 aromatic heterocycles. The third-order valence-corrected chi connectivity index (χ3v) is 5.18. The van der Waals surface area contributed by atoms with Gasteiger partial charge in [-0.1, -0.05) is 6.92 Å². The van der Waals surface area contributed by atoms with Crippen LogP contribution in [0.25, 0.3) is 0 Å². The molecule has 1 atom stereocenters. The maximum absolute atomic E-state index is 13.7. The van der Waals surface area contributed by atoms with E-state index in [1.54, 1.807) is 0 Å². The third-order valence-electron chi connectivity index (χ3n) is 3.32. The highest BCUT2D eigenvalue weighted by atomic mass is 32.2. The Morgan fingerprint density at radius 3 is 2.85 bits per heavy atom. The van der Waals surface area contributed by atoms with Crippen molar-refractivity contribution < 1.29 is 22.3 Å². The van der Waals surface area contributed by atoms with Gasteiger partial charge >= 0.3 is 0 Å². The average molecular weight is 303 g/mol. The van der Waals surface area contributed by atoms with E-state index in [1.807, 2.05) is 6.92 Å². The van der Waals surface area contributed by atoms with Crippen molar-refractivity contribution in [3.05, 3.63) is 24.0 Å². The first-order chi connectivity index (χ1) is 9.48. The monoisotopic (exact) mass is 303 g/mol. The van der Waals surface area contributed by atoms with Crippen LogP contribution in [0.3, 0.4) is 0 Å². The maximum atomic E-state index is 13.7. The van der Waals surface area contributed by atoms with Crippen molar-refractivity contribution in [3.63, 3.8) is 0 Å². The molecule has 1 aromatic rings. The summed E-state index contributed by atoms with van der Waals surface area (Å²) in [6.07, 6.45) is 0.629. The number of hydrogen-bond donors (Lipinski definition) is 0. The Hall–Kier alpha value is -1.18. The highest BCUT2D eigenvalue weighted by Crippen LogP contribution is 2.24. The highest BCUT2D eigenvalue weighted by molar-refractivity contribution is 7.89. The van der Waals surface area contributed by atoms with Crippen LogP contribution in [0.2, 0.25) is 0 Å². The van der Waals surface area contributed by atoms with Gasteiger partial charge in [-0.2, -0.15) is 4.31 Å². The Morgan fingerprint density at radius 2 is 2.25 bits per heavy atom. The molecule has 1 aliphatic heterocycles. The quantitative estimate of drug-likeness (QED) is 0.848. The Kier molecular flexibility index (Phi) is 4.62. The van der Waals surface area contributed by atoms with E-state index in [1.165, 1.54) is 23.5 Å². The molecule has 0 saturated carbocycles. The molecule has 1 saturated heterocycles. The predicted octanol–water partition coefficient (Wildman–Crippen LogP) is 1.63. The molecule has 0 spiro atoms. The van der Waals surface area contributed by atoms with Crippen LogP contribution in [0.15, 0.2) is 23.1 Å². The van der Waals surface area contributed by atoms with Crippen LogP contribution in [-0.4, -0.2) is 45.6 Å². The van der Waals surface area contributed by atoms with E-state index in [0.29, 0.717) is 13.2 Å². The smallest absolute Gasteiger partial charge is 0.243 e. The van der Waals surface area contributed by atoms with Crippen LogP contribution in [-0.2, 0) is 14.8 Å². The fraction of sp³-hybridized carbons (Fsp3) is 0.538. The van der Waals surface area contributed by atoms with Crippen molar-refractivity contribution in [2.24, 2.45) is 0 Å². The summed E-state index contributed by atoms with van der Waals surface area (Å²) in [7, 11) is -2.36. The topological polar surface area (TPSA) is 55.8 Å². The fourth-order valence-electron chi connectivity index (χ4n) is 2.11. The van der Waals surface area contributed by atoms with Gasteiger partial charge in [-0.15, -0.1) is 0 Å². The predicted molar refractivity (Wildman–Crippen MR) is 71.7 cm³/mol. The van der Waals surface area contributed by atoms with Crippen molar-refractivity contribution in [1.82, 2.24) is 4.31 Å². The molecule has 0 aliphatic carbocycles. The van der Waals surface area contributed by atoms with Crippen molar-refractivity contribution in [1.29, 1.82) is 0 Å². The molecule has 0 bridgehead atoms. The van der Waals surface area contributed by atoms with Crippen LogP contribution in [0.4, 0.5) is 4.39 Å². The molecule has 1 fully saturated rings. The van der Waals surface area contributed by atoms with Gasteiger partial charge in [0.1, 0.15) is 0 Å². The highest BCUT2D eigenvalue weighted by Gasteiger charge is 2.30. The second kappa shape index (κ2) is 6.07. The molecule has 20 heavy (non-hydrogen) atoms. The van der Waals surface area contributed by atoms with Crippen LogP contribution in [0, 0.1) is 5.82 Å². The summed E-state index contributed by atoms with van der Waals surface area (Å²) < 4.78 is 50.2. The van der Waals surface area contributed by atoms with Gasteiger partial charge in [0, 0.05) is 13.1 Å². The number of rotatable bonds is 4. The molecule has 2 rings (SSSR count). The summed E-state index contributed by atoms with van der Waals surface area (Å²) in [5.41, 5.74) is 0. The van der Waals surface area contributed by atoms with Crippen LogP contribution >= 0.6 is 0 Å². The first kappa shape index (κ1) is 15.2. The summed E-state index contributed by atoms with van der Waals surface area (Å²) in [6, 6.07) is 3.66. The number of nitrogens with zero attached hydrogens (tertiary/aromatic N) is 1. The molecule has 1 aliphatic rings. The Bertz CT molecular complexity index is 576. The van der Waals surface area contributed by atoms with E-state index in [0.717, 1.165) is 12.5 Å². The second-order valence-corrected chi connectivity index (χ2v) is 6.50. The van der Waals surface area contributed by atoms with Gasteiger partial charge in [-0.05, 0) is 24.6 Å². The minimum absolute atomic E-state index is 0.0253. The van der Waals surface area contributed by atoms with Gasteiger partial charge < -0.3 is 9.47 Å². The lowest BCUT2D eigenvalue weighted by molar-refractivity contribution is -0.00278. The Balaban J connectivity index is 2.28. The lowest BCUT2D eigenvalue weighted by Crippen LogP contribution is -2.45. The molecule has 5 nitrogen and oxygen atoms in total. The average Bonchev–Trinajstić information content (AvgIpc) is 2.47. The molecule has 0 unspecified atom stereocenters. The SMILES string of the molecule is CC[C@@H]1CN(S(=O)(=O)c2ccc(OC)c(F)c2)CCO1. The van der Waals surface area contributed by atoms with Crippen molar-refractivity contribution in [2.45, 2.75) is 24.3 Å². The zero-order valence-electron chi connectivity index (χ0n) is 11.5. The van der Waals surface area contributed by atoms with E-state index >= 15 is 0 Å². The number of sulfonamides is 1. The van der Waals surface area contributed by atoms with Gasteiger partial charge in [-0.25, -0.2) is 12.8 Å². The summed E-state index contributed by atoms with van der Waals surface area (Å²) in [5.74, 6) is -0.661. The summed E-state index contributed by atoms with van der Waals surface area (Å²) in [4.78, 5) is -0.0625. The molecule has 0 amide bonds. The molecule has 112 valence electrons. The number of benzene rings is 1. The standard InChI is InChI=1S/C13H18FNO4S/c1-3-10-9-15(6-7-19-10)20(16,17)11-4-5-13(18-2)12(14)8-11/h4-5,8,10H,3,6-7,9H2,1-2H3/t10-/m1/s1. The number of halogens is 1. The third kappa shape index (κ3) is 2.94. The largest absolute Gasteiger partial charge is 0.494 e. The van der Waals surface area contributed by atoms with Crippen molar-refractivity contribution >= 4 is 10.0 Å². The lowest BCUT2D eigenvalue weighted by Gasteiger charge is -2.31. The molecule has 0 N–H and O–H groups in total. The van der Waals surface area contributed by atoms with E-state index in [9.17, 15) is 12.8 Å². The van der Waals surface area contributed by atoms with E-state index in [-0.39, 0.29) is 23.3 Å². The van der Waals surface area contributed by atoms with Gasteiger partial charge in [0.15, 0.2) is 11.6 Å². The summed E-state index contributed by atoms with van der Waals surface area (Å²) >= 11 is 0. The van der Waals surface area contributed by atoms with E-state index in [4.69, 9.17) is 9.47 Å². The van der Waals surface area contributed by atoms with Gasteiger partial charge in [0.2, 0.25) is 10.0 Å². The van der Waals surface area contributed by atoms with Gasteiger partial charge in [-0.3, -0.25) is 0 Å². The lowest BCUT2D eigenvalue weighted by atomic mass is 10.2. The Morgan fingerprint density at radius 1 is 1.50 bits per heavy atom. The maximum Gasteiger partial charge on any atom is 0.243 e. The Labute approximate surface area is 118 Å². The molecule has 1 aromatic carbocycles. The summed E-state index contributed by atoms with van der Waals surface area (Å²) in [6.45, 7) is 2.88. The number of morpholine rings is 1. The van der Waals surface area contributed by atoms with Crippen LogP contribution in [0.5, 0.6) is 5.75 Å². The fourth-order valence-corrected chi connectivity index (χ4v) is 3.58. The zero-order chi connectivity index (χ0) is 14.8. The summed E-state index contributed by atoms with van der Waals surface area (Å²) in [5, 5.41) is 0. The van der Waals surface area contributed by atoms with E-state index < -0.39 is 15.8 Å².